The second kappa shape index (κ2) is 8.20. The number of Topliss-reactive ketones (excluding diaryl/α,β-unsaturated/α-hetero) is 1. The molecule has 0 aliphatic heterocycles. The molecule has 25 heavy (non-hydrogen) atoms. The predicted octanol–water partition coefficient (Wildman–Crippen LogP) is 5.90. The van der Waals surface area contributed by atoms with E-state index in [1.807, 2.05) is 66.7 Å². The first-order valence-corrected chi connectivity index (χ1v) is 8.29. The Balaban J connectivity index is 1.82. The van der Waals surface area contributed by atoms with Crippen molar-refractivity contribution < 1.29 is 9.18 Å². The summed E-state index contributed by atoms with van der Waals surface area (Å²) in [7, 11) is 0. The molecule has 2 heteroatoms. The van der Waals surface area contributed by atoms with Gasteiger partial charge in [-0.1, -0.05) is 72.8 Å². The summed E-state index contributed by atoms with van der Waals surface area (Å²) in [5.74, 6) is -0.356. The molecule has 1 nitrogen and oxygen atoms in total. The van der Waals surface area contributed by atoms with E-state index in [4.69, 9.17) is 0 Å². The third kappa shape index (κ3) is 4.74. The van der Waals surface area contributed by atoms with Crippen LogP contribution in [0.25, 0.3) is 6.08 Å². The molecule has 0 aliphatic carbocycles. The van der Waals surface area contributed by atoms with Crippen molar-refractivity contribution in [3.63, 3.8) is 0 Å². The Morgan fingerprint density at radius 1 is 0.840 bits per heavy atom. The monoisotopic (exact) mass is 330 g/mol. The van der Waals surface area contributed by atoms with Crippen LogP contribution in [0.1, 0.15) is 33.8 Å². The molecule has 3 aromatic carbocycles. The Labute approximate surface area is 147 Å². The van der Waals surface area contributed by atoms with Gasteiger partial charge in [-0.15, -0.1) is 0 Å². The lowest BCUT2D eigenvalue weighted by Crippen LogP contribution is -2.06. The molecule has 0 heterocycles. The van der Waals surface area contributed by atoms with E-state index in [0.717, 1.165) is 11.1 Å². The van der Waals surface area contributed by atoms with Crippen molar-refractivity contribution in [2.75, 3.05) is 0 Å². The zero-order valence-electron chi connectivity index (χ0n) is 13.8. The summed E-state index contributed by atoms with van der Waals surface area (Å²) in [4.78, 5) is 12.6. The highest BCUT2D eigenvalue weighted by Crippen LogP contribution is 2.24. The fraction of sp³-hybridized carbons (Fsp3) is 0.0870. The van der Waals surface area contributed by atoms with Crippen molar-refractivity contribution >= 4 is 11.9 Å². The zero-order valence-corrected chi connectivity index (χ0v) is 13.8. The second-order valence-corrected chi connectivity index (χ2v) is 5.92. The van der Waals surface area contributed by atoms with Crippen LogP contribution in [0.4, 0.5) is 4.39 Å². The predicted molar refractivity (Wildman–Crippen MR) is 100 cm³/mol. The maximum atomic E-state index is 13.1. The standard InChI is InChI=1S/C23H19FO/c24-22-15-13-20(14-16-22)23(25)17-21(19-9-5-2-6-10-19)12-11-18-7-3-1-4-8-18/h1-16,21H,17H2/b12-11+. The Morgan fingerprint density at radius 3 is 2.08 bits per heavy atom. The maximum absolute atomic E-state index is 13.1. The molecule has 3 rings (SSSR count). The van der Waals surface area contributed by atoms with E-state index in [0.29, 0.717) is 12.0 Å². The average Bonchev–Trinajstić information content (AvgIpc) is 2.67. The number of carbonyl (C=O) groups excluding carboxylic acids is 1. The SMILES string of the molecule is O=C(CC(/C=C/c1ccccc1)c1ccccc1)c1ccc(F)cc1. The molecule has 1 unspecified atom stereocenters. The van der Waals surface area contributed by atoms with Crippen molar-refractivity contribution in [3.8, 4) is 0 Å². The highest BCUT2D eigenvalue weighted by atomic mass is 19.1. The van der Waals surface area contributed by atoms with E-state index in [2.05, 4.69) is 6.08 Å². The molecule has 0 aliphatic rings. The molecule has 0 amide bonds. The summed E-state index contributed by atoms with van der Waals surface area (Å²) in [5, 5.41) is 0. The van der Waals surface area contributed by atoms with Gasteiger partial charge in [0.25, 0.3) is 0 Å². The quantitative estimate of drug-likeness (QED) is 0.515. The number of halogens is 1. The van der Waals surface area contributed by atoms with Crippen molar-refractivity contribution in [3.05, 3.63) is 114 Å². The molecule has 3 aromatic rings. The van der Waals surface area contributed by atoms with Crippen LogP contribution < -0.4 is 0 Å². The molecule has 0 radical (unpaired) electrons. The van der Waals surface area contributed by atoms with Gasteiger partial charge in [-0.2, -0.15) is 0 Å². The minimum Gasteiger partial charge on any atom is -0.294 e. The van der Waals surface area contributed by atoms with Crippen LogP contribution >= 0.6 is 0 Å². The molecule has 124 valence electrons. The van der Waals surface area contributed by atoms with Crippen molar-refractivity contribution in [2.24, 2.45) is 0 Å². The second-order valence-electron chi connectivity index (χ2n) is 5.92. The van der Waals surface area contributed by atoms with Gasteiger partial charge in [0.1, 0.15) is 5.82 Å². The Kier molecular flexibility index (Phi) is 5.53. The largest absolute Gasteiger partial charge is 0.294 e. The van der Waals surface area contributed by atoms with E-state index < -0.39 is 0 Å². The van der Waals surface area contributed by atoms with Crippen LogP contribution in [0, 0.1) is 5.82 Å². The molecule has 0 fully saturated rings. The molecule has 0 N–H and O–H groups in total. The van der Waals surface area contributed by atoms with Crippen LogP contribution in [0.5, 0.6) is 0 Å². The maximum Gasteiger partial charge on any atom is 0.163 e. The Bertz CT molecular complexity index is 836. The van der Waals surface area contributed by atoms with Crippen LogP contribution in [0.3, 0.4) is 0 Å². The van der Waals surface area contributed by atoms with Gasteiger partial charge in [0, 0.05) is 17.9 Å². The number of hydrogen-bond acceptors (Lipinski definition) is 1. The molecular formula is C23H19FO. The first-order valence-electron chi connectivity index (χ1n) is 8.29. The molecule has 0 bridgehead atoms. The summed E-state index contributed by atoms with van der Waals surface area (Å²) >= 11 is 0. The van der Waals surface area contributed by atoms with Crippen molar-refractivity contribution in [2.45, 2.75) is 12.3 Å². The number of carbonyl (C=O) groups is 1. The Hall–Kier alpha value is -3.00. The number of allylic oxidation sites excluding steroid dienone is 1. The Morgan fingerprint density at radius 2 is 1.44 bits per heavy atom. The molecule has 0 spiro atoms. The van der Waals surface area contributed by atoms with Gasteiger partial charge in [-0.25, -0.2) is 4.39 Å². The highest BCUT2D eigenvalue weighted by molar-refractivity contribution is 5.96. The van der Waals surface area contributed by atoms with Gasteiger partial charge in [-0.3, -0.25) is 4.79 Å². The first kappa shape index (κ1) is 16.8. The third-order valence-electron chi connectivity index (χ3n) is 4.12. The lowest BCUT2D eigenvalue weighted by Gasteiger charge is -2.13. The lowest BCUT2D eigenvalue weighted by atomic mass is 9.90. The lowest BCUT2D eigenvalue weighted by molar-refractivity contribution is 0.0978. The van der Waals surface area contributed by atoms with Gasteiger partial charge in [0.2, 0.25) is 0 Å². The summed E-state index contributed by atoms with van der Waals surface area (Å²) in [6, 6.07) is 25.7. The van der Waals surface area contributed by atoms with E-state index >= 15 is 0 Å². The van der Waals surface area contributed by atoms with Gasteiger partial charge in [0.15, 0.2) is 5.78 Å². The summed E-state index contributed by atoms with van der Waals surface area (Å²) < 4.78 is 13.1. The highest BCUT2D eigenvalue weighted by Gasteiger charge is 2.15. The number of rotatable bonds is 6. The topological polar surface area (TPSA) is 17.1 Å². The van der Waals surface area contributed by atoms with Crippen molar-refractivity contribution in [1.29, 1.82) is 0 Å². The summed E-state index contributed by atoms with van der Waals surface area (Å²) in [5.41, 5.74) is 2.72. The van der Waals surface area contributed by atoms with Gasteiger partial charge in [-0.05, 0) is 35.4 Å². The fourth-order valence-corrected chi connectivity index (χ4v) is 2.74. The number of hydrogen-bond donors (Lipinski definition) is 0. The minimum atomic E-state index is -0.333. The summed E-state index contributed by atoms with van der Waals surface area (Å²) in [6.45, 7) is 0. The molecule has 1 atom stereocenters. The molecular weight excluding hydrogens is 311 g/mol. The first-order chi connectivity index (χ1) is 12.2. The van der Waals surface area contributed by atoms with E-state index in [1.165, 1.54) is 12.1 Å². The molecule has 0 saturated carbocycles. The van der Waals surface area contributed by atoms with E-state index in [-0.39, 0.29) is 17.5 Å². The van der Waals surface area contributed by atoms with E-state index in [1.54, 1.807) is 12.1 Å². The fourth-order valence-electron chi connectivity index (χ4n) is 2.74. The van der Waals surface area contributed by atoms with Crippen LogP contribution in [0.15, 0.2) is 91.0 Å². The smallest absolute Gasteiger partial charge is 0.163 e. The zero-order chi connectivity index (χ0) is 17.5. The van der Waals surface area contributed by atoms with Crippen LogP contribution in [-0.4, -0.2) is 5.78 Å². The molecule has 0 aromatic heterocycles. The summed E-state index contributed by atoms with van der Waals surface area (Å²) in [6.07, 6.45) is 4.45. The van der Waals surface area contributed by atoms with Gasteiger partial charge in [0.05, 0.1) is 0 Å². The van der Waals surface area contributed by atoms with Gasteiger partial charge < -0.3 is 0 Å². The van der Waals surface area contributed by atoms with Gasteiger partial charge >= 0.3 is 0 Å². The minimum absolute atomic E-state index is 0.00608. The number of ketones is 1. The van der Waals surface area contributed by atoms with Crippen LogP contribution in [0.2, 0.25) is 0 Å². The van der Waals surface area contributed by atoms with E-state index in [9.17, 15) is 9.18 Å². The third-order valence-corrected chi connectivity index (χ3v) is 4.12. The average molecular weight is 330 g/mol. The normalized spacial score (nSPS) is 12.2. The van der Waals surface area contributed by atoms with Crippen LogP contribution in [-0.2, 0) is 0 Å². The molecule has 0 saturated heterocycles. The van der Waals surface area contributed by atoms with Crippen molar-refractivity contribution in [1.82, 2.24) is 0 Å². The number of benzene rings is 3.